The molecule has 2 heterocycles. The summed E-state index contributed by atoms with van der Waals surface area (Å²) in [5.74, 6) is 2.18. The molecule has 0 bridgehead atoms. The van der Waals surface area contributed by atoms with Crippen molar-refractivity contribution in [1.82, 2.24) is 9.97 Å². The minimum atomic E-state index is 0.670. The van der Waals surface area contributed by atoms with Crippen molar-refractivity contribution in [2.24, 2.45) is 0 Å². The summed E-state index contributed by atoms with van der Waals surface area (Å²) in [4.78, 5) is 9.40. The van der Waals surface area contributed by atoms with Crippen LogP contribution in [0.1, 0.15) is 0 Å². The Morgan fingerprint density at radius 2 is 1.59 bits per heavy atom. The van der Waals surface area contributed by atoms with E-state index in [-0.39, 0.29) is 0 Å². The Morgan fingerprint density at radius 3 is 2.30 bits per heavy atom. The van der Waals surface area contributed by atoms with E-state index in [2.05, 4.69) is 4.98 Å². The molecule has 0 saturated carbocycles. The standard InChI is InChI=1S/C21H18N2O3S/c1-24-14-8-6-13(7-9-14)20-15(5-4-10-22-20)21-23-16-11-17(25-2)18(26-3)12-19(16)27-21/h4-12H,1-3H3. The number of benzene rings is 2. The van der Waals surface area contributed by atoms with Crippen LogP contribution in [0.4, 0.5) is 0 Å². The normalized spacial score (nSPS) is 10.8. The first-order valence-corrected chi connectivity index (χ1v) is 9.17. The molecular formula is C21H18N2O3S. The van der Waals surface area contributed by atoms with Crippen LogP contribution in [-0.2, 0) is 0 Å². The van der Waals surface area contributed by atoms with Gasteiger partial charge >= 0.3 is 0 Å². The van der Waals surface area contributed by atoms with Crippen molar-refractivity contribution < 1.29 is 14.2 Å². The second kappa shape index (κ2) is 7.25. The molecule has 0 aliphatic rings. The van der Waals surface area contributed by atoms with Crippen LogP contribution in [0, 0.1) is 0 Å². The fraction of sp³-hybridized carbons (Fsp3) is 0.143. The van der Waals surface area contributed by atoms with Crippen LogP contribution < -0.4 is 14.2 Å². The molecule has 5 nitrogen and oxygen atoms in total. The van der Waals surface area contributed by atoms with E-state index < -0.39 is 0 Å². The van der Waals surface area contributed by atoms with E-state index in [4.69, 9.17) is 19.2 Å². The lowest BCUT2D eigenvalue weighted by atomic mass is 10.1. The first-order valence-electron chi connectivity index (χ1n) is 8.36. The zero-order valence-electron chi connectivity index (χ0n) is 15.2. The van der Waals surface area contributed by atoms with Crippen molar-refractivity contribution in [1.29, 1.82) is 0 Å². The highest BCUT2D eigenvalue weighted by molar-refractivity contribution is 7.21. The third-order valence-electron chi connectivity index (χ3n) is 4.30. The Kier molecular flexibility index (Phi) is 4.64. The van der Waals surface area contributed by atoms with Crippen molar-refractivity contribution in [3.8, 4) is 39.1 Å². The fourth-order valence-corrected chi connectivity index (χ4v) is 3.93. The Labute approximate surface area is 161 Å². The summed E-state index contributed by atoms with van der Waals surface area (Å²) < 4.78 is 17.1. The maximum atomic E-state index is 5.40. The zero-order valence-corrected chi connectivity index (χ0v) is 16.0. The number of rotatable bonds is 5. The van der Waals surface area contributed by atoms with Gasteiger partial charge in [0.25, 0.3) is 0 Å². The van der Waals surface area contributed by atoms with E-state index in [1.54, 1.807) is 38.9 Å². The first kappa shape index (κ1) is 17.3. The van der Waals surface area contributed by atoms with E-state index in [1.807, 2.05) is 48.5 Å². The molecule has 0 spiro atoms. The maximum absolute atomic E-state index is 5.40. The van der Waals surface area contributed by atoms with E-state index in [0.717, 1.165) is 37.8 Å². The minimum Gasteiger partial charge on any atom is -0.497 e. The number of nitrogens with zero attached hydrogens (tertiary/aromatic N) is 2. The number of fused-ring (bicyclic) bond motifs is 1. The summed E-state index contributed by atoms with van der Waals surface area (Å²) in [5, 5.41) is 0.902. The van der Waals surface area contributed by atoms with Gasteiger partial charge in [-0.15, -0.1) is 11.3 Å². The Hall–Kier alpha value is -3.12. The van der Waals surface area contributed by atoms with Gasteiger partial charge in [0.15, 0.2) is 11.5 Å². The smallest absolute Gasteiger partial charge is 0.162 e. The predicted octanol–water partition coefficient (Wildman–Crippen LogP) is 5.05. The lowest BCUT2D eigenvalue weighted by molar-refractivity contribution is 0.356. The number of pyridine rings is 1. The van der Waals surface area contributed by atoms with Crippen molar-refractivity contribution in [3.05, 3.63) is 54.7 Å². The van der Waals surface area contributed by atoms with E-state index >= 15 is 0 Å². The molecule has 0 N–H and O–H groups in total. The zero-order chi connectivity index (χ0) is 18.8. The maximum Gasteiger partial charge on any atom is 0.162 e. The highest BCUT2D eigenvalue weighted by Crippen LogP contribution is 2.39. The molecule has 0 radical (unpaired) electrons. The third kappa shape index (κ3) is 3.19. The molecule has 0 fully saturated rings. The second-order valence-corrected chi connectivity index (χ2v) is 6.85. The second-order valence-electron chi connectivity index (χ2n) is 5.82. The lowest BCUT2D eigenvalue weighted by Gasteiger charge is -2.07. The van der Waals surface area contributed by atoms with Crippen molar-refractivity contribution in [2.45, 2.75) is 0 Å². The molecule has 0 aliphatic heterocycles. The third-order valence-corrected chi connectivity index (χ3v) is 5.35. The number of hydrogen-bond acceptors (Lipinski definition) is 6. The summed E-state index contributed by atoms with van der Waals surface area (Å²) in [7, 11) is 4.92. The summed E-state index contributed by atoms with van der Waals surface area (Å²) in [5.41, 5.74) is 3.76. The molecule has 0 atom stereocenters. The van der Waals surface area contributed by atoms with Crippen molar-refractivity contribution >= 4 is 21.6 Å². The van der Waals surface area contributed by atoms with Crippen LogP contribution in [-0.4, -0.2) is 31.3 Å². The summed E-state index contributed by atoms with van der Waals surface area (Å²) in [6, 6.07) is 15.7. The molecule has 0 unspecified atom stereocenters. The summed E-state index contributed by atoms with van der Waals surface area (Å²) in [6.45, 7) is 0. The van der Waals surface area contributed by atoms with Crippen molar-refractivity contribution in [2.75, 3.05) is 21.3 Å². The molecule has 0 saturated heterocycles. The largest absolute Gasteiger partial charge is 0.497 e. The van der Waals surface area contributed by atoms with Gasteiger partial charge in [0.2, 0.25) is 0 Å². The molecule has 2 aromatic carbocycles. The molecule has 27 heavy (non-hydrogen) atoms. The SMILES string of the molecule is COc1ccc(-c2ncccc2-c2nc3cc(OC)c(OC)cc3s2)cc1. The van der Waals surface area contributed by atoms with E-state index in [9.17, 15) is 0 Å². The topological polar surface area (TPSA) is 53.5 Å². The van der Waals surface area contributed by atoms with Crippen LogP contribution in [0.2, 0.25) is 0 Å². The molecule has 4 aromatic rings. The Bertz CT molecular complexity index is 1050. The van der Waals surface area contributed by atoms with Gasteiger partial charge in [0.05, 0.1) is 37.2 Å². The van der Waals surface area contributed by atoms with E-state index in [0.29, 0.717) is 11.5 Å². The van der Waals surface area contributed by atoms with Crippen LogP contribution in [0.5, 0.6) is 17.2 Å². The number of aromatic nitrogens is 2. The predicted molar refractivity (Wildman–Crippen MR) is 108 cm³/mol. The van der Waals surface area contributed by atoms with Gasteiger partial charge in [0.1, 0.15) is 10.8 Å². The Balaban J connectivity index is 1.84. The molecule has 0 aliphatic carbocycles. The average molecular weight is 378 g/mol. The molecule has 0 amide bonds. The van der Waals surface area contributed by atoms with Gasteiger partial charge < -0.3 is 14.2 Å². The average Bonchev–Trinajstić information content (AvgIpc) is 3.15. The van der Waals surface area contributed by atoms with Gasteiger partial charge in [-0.3, -0.25) is 4.98 Å². The van der Waals surface area contributed by atoms with Crippen molar-refractivity contribution in [3.63, 3.8) is 0 Å². The molecular weight excluding hydrogens is 360 g/mol. The number of ether oxygens (including phenoxy) is 3. The van der Waals surface area contributed by atoms with Gasteiger partial charge in [0, 0.05) is 29.5 Å². The van der Waals surface area contributed by atoms with Gasteiger partial charge in [-0.25, -0.2) is 4.98 Å². The van der Waals surface area contributed by atoms with Crippen LogP contribution in [0.3, 0.4) is 0 Å². The summed E-state index contributed by atoms with van der Waals surface area (Å²) >= 11 is 1.60. The van der Waals surface area contributed by atoms with Gasteiger partial charge in [-0.1, -0.05) is 0 Å². The highest BCUT2D eigenvalue weighted by Gasteiger charge is 2.15. The quantitative estimate of drug-likeness (QED) is 0.486. The molecule has 6 heteroatoms. The van der Waals surface area contributed by atoms with Crippen LogP contribution in [0.25, 0.3) is 32.0 Å². The number of methoxy groups -OCH3 is 3. The van der Waals surface area contributed by atoms with Crippen LogP contribution >= 0.6 is 11.3 Å². The Morgan fingerprint density at radius 1 is 0.852 bits per heavy atom. The molecule has 136 valence electrons. The number of hydrogen-bond donors (Lipinski definition) is 0. The van der Waals surface area contributed by atoms with E-state index in [1.165, 1.54) is 0 Å². The lowest BCUT2D eigenvalue weighted by Crippen LogP contribution is -1.90. The number of thiazole rings is 1. The monoisotopic (exact) mass is 378 g/mol. The minimum absolute atomic E-state index is 0.670. The fourth-order valence-electron chi connectivity index (χ4n) is 2.93. The van der Waals surface area contributed by atoms with Gasteiger partial charge in [-0.2, -0.15) is 0 Å². The van der Waals surface area contributed by atoms with Gasteiger partial charge in [-0.05, 0) is 36.4 Å². The first-order chi connectivity index (χ1) is 13.2. The summed E-state index contributed by atoms with van der Waals surface area (Å²) in [6.07, 6.45) is 1.79. The van der Waals surface area contributed by atoms with Crippen LogP contribution in [0.15, 0.2) is 54.7 Å². The molecule has 2 aromatic heterocycles. The highest BCUT2D eigenvalue weighted by atomic mass is 32.1. The molecule has 4 rings (SSSR count).